The van der Waals surface area contributed by atoms with Gasteiger partial charge in [0.05, 0.1) is 5.56 Å². The molecule has 132 valence electrons. The van der Waals surface area contributed by atoms with Crippen molar-refractivity contribution in [1.29, 1.82) is 0 Å². The molecule has 0 unspecified atom stereocenters. The van der Waals surface area contributed by atoms with E-state index in [9.17, 15) is 18.0 Å². The van der Waals surface area contributed by atoms with E-state index in [1.807, 2.05) is 30.3 Å². The highest BCUT2D eigenvalue weighted by Crippen LogP contribution is 2.34. The van der Waals surface area contributed by atoms with Crippen LogP contribution in [0.2, 0.25) is 0 Å². The zero-order valence-corrected chi connectivity index (χ0v) is 13.5. The van der Waals surface area contributed by atoms with E-state index in [2.05, 4.69) is 0 Å². The number of amides is 1. The molecule has 2 atom stereocenters. The zero-order valence-electron chi connectivity index (χ0n) is 13.5. The Labute approximate surface area is 144 Å². The Balaban J connectivity index is 1.82. The average Bonchev–Trinajstić information content (AvgIpc) is 3.05. The van der Waals surface area contributed by atoms with Crippen molar-refractivity contribution in [3.8, 4) is 0 Å². The van der Waals surface area contributed by atoms with Crippen LogP contribution in [0.3, 0.4) is 0 Å². The van der Waals surface area contributed by atoms with Gasteiger partial charge < -0.3 is 10.6 Å². The van der Waals surface area contributed by atoms with Crippen molar-refractivity contribution in [2.75, 3.05) is 19.6 Å². The van der Waals surface area contributed by atoms with Crippen molar-refractivity contribution >= 4 is 5.91 Å². The molecule has 0 aliphatic carbocycles. The SMILES string of the molecule is NC[C@@H]1CN(C(=O)c2cccc(C(F)(F)F)c2)C[C@H]1c1ccccc1. The van der Waals surface area contributed by atoms with Crippen LogP contribution in [0.5, 0.6) is 0 Å². The summed E-state index contributed by atoms with van der Waals surface area (Å²) in [5.74, 6) is -0.193. The molecule has 1 aliphatic heterocycles. The van der Waals surface area contributed by atoms with E-state index in [0.717, 1.165) is 17.7 Å². The number of nitrogens with two attached hydrogens (primary N) is 1. The number of hydrogen-bond donors (Lipinski definition) is 1. The third-order valence-corrected chi connectivity index (χ3v) is 4.70. The fourth-order valence-corrected chi connectivity index (χ4v) is 3.36. The van der Waals surface area contributed by atoms with Crippen molar-refractivity contribution in [1.82, 2.24) is 4.90 Å². The number of hydrogen-bond acceptors (Lipinski definition) is 2. The normalized spacial score (nSPS) is 20.7. The first-order valence-electron chi connectivity index (χ1n) is 8.11. The first-order valence-corrected chi connectivity index (χ1v) is 8.11. The topological polar surface area (TPSA) is 46.3 Å². The summed E-state index contributed by atoms with van der Waals surface area (Å²) < 4.78 is 38.6. The van der Waals surface area contributed by atoms with E-state index in [1.165, 1.54) is 12.1 Å². The number of nitrogens with zero attached hydrogens (tertiary/aromatic N) is 1. The summed E-state index contributed by atoms with van der Waals surface area (Å²) in [4.78, 5) is 14.3. The second-order valence-electron chi connectivity index (χ2n) is 6.30. The molecule has 0 saturated carbocycles. The van der Waals surface area contributed by atoms with Gasteiger partial charge in [0.15, 0.2) is 0 Å². The monoisotopic (exact) mass is 348 g/mol. The molecule has 0 radical (unpaired) electrons. The molecule has 6 heteroatoms. The van der Waals surface area contributed by atoms with Crippen LogP contribution in [-0.2, 0) is 6.18 Å². The van der Waals surface area contributed by atoms with Crippen molar-refractivity contribution in [2.24, 2.45) is 11.7 Å². The van der Waals surface area contributed by atoms with Crippen molar-refractivity contribution in [3.05, 3.63) is 71.3 Å². The van der Waals surface area contributed by atoms with E-state index in [4.69, 9.17) is 5.73 Å². The standard InChI is InChI=1S/C19H19F3N2O/c20-19(21,22)16-8-4-7-14(9-16)18(25)24-11-15(10-23)17(12-24)13-5-2-1-3-6-13/h1-9,15,17H,10-12,23H2/t15-,17+/m1/s1. The molecular formula is C19H19F3N2O. The lowest BCUT2D eigenvalue weighted by molar-refractivity contribution is -0.137. The first-order chi connectivity index (χ1) is 11.9. The van der Waals surface area contributed by atoms with Crippen LogP contribution in [0, 0.1) is 5.92 Å². The Kier molecular flexibility index (Phi) is 4.81. The van der Waals surface area contributed by atoms with Crippen molar-refractivity contribution < 1.29 is 18.0 Å². The summed E-state index contributed by atoms with van der Waals surface area (Å²) in [5, 5.41) is 0. The largest absolute Gasteiger partial charge is 0.416 e. The number of alkyl halides is 3. The predicted octanol–water partition coefficient (Wildman–Crippen LogP) is 3.52. The van der Waals surface area contributed by atoms with Gasteiger partial charge in [-0.15, -0.1) is 0 Å². The van der Waals surface area contributed by atoms with E-state index in [0.29, 0.717) is 19.6 Å². The minimum Gasteiger partial charge on any atom is -0.338 e. The lowest BCUT2D eigenvalue weighted by Gasteiger charge is -2.17. The fraction of sp³-hybridized carbons (Fsp3) is 0.316. The molecule has 2 N–H and O–H groups in total. The number of likely N-dealkylation sites (tertiary alicyclic amines) is 1. The number of carbonyl (C=O) groups excluding carboxylic acids is 1. The molecule has 3 rings (SSSR count). The highest BCUT2D eigenvalue weighted by atomic mass is 19.4. The molecule has 0 spiro atoms. The quantitative estimate of drug-likeness (QED) is 0.922. The average molecular weight is 348 g/mol. The van der Waals surface area contributed by atoms with Crippen LogP contribution < -0.4 is 5.73 Å². The van der Waals surface area contributed by atoms with Gasteiger partial charge in [0, 0.05) is 24.6 Å². The molecule has 1 saturated heterocycles. The third kappa shape index (κ3) is 3.69. The summed E-state index contributed by atoms with van der Waals surface area (Å²) >= 11 is 0. The minimum absolute atomic E-state index is 0.0549. The van der Waals surface area contributed by atoms with E-state index in [1.54, 1.807) is 4.90 Å². The highest BCUT2D eigenvalue weighted by molar-refractivity contribution is 5.94. The molecular weight excluding hydrogens is 329 g/mol. The van der Waals surface area contributed by atoms with Gasteiger partial charge in [-0.25, -0.2) is 0 Å². The third-order valence-electron chi connectivity index (χ3n) is 4.70. The molecule has 1 heterocycles. The smallest absolute Gasteiger partial charge is 0.338 e. The maximum absolute atomic E-state index is 12.9. The molecule has 1 amide bonds. The van der Waals surface area contributed by atoms with Gasteiger partial charge in [-0.3, -0.25) is 4.79 Å². The summed E-state index contributed by atoms with van der Waals surface area (Å²) in [5.41, 5.74) is 6.19. The summed E-state index contributed by atoms with van der Waals surface area (Å²) in [7, 11) is 0. The van der Waals surface area contributed by atoms with Crippen LogP contribution in [0.15, 0.2) is 54.6 Å². The minimum atomic E-state index is -4.46. The van der Waals surface area contributed by atoms with Crippen molar-refractivity contribution in [3.63, 3.8) is 0 Å². The Hall–Kier alpha value is -2.34. The number of carbonyl (C=O) groups is 1. The Morgan fingerprint density at radius 1 is 1.08 bits per heavy atom. The lowest BCUT2D eigenvalue weighted by atomic mass is 9.89. The van der Waals surface area contributed by atoms with Gasteiger partial charge in [0.25, 0.3) is 5.91 Å². The summed E-state index contributed by atoms with van der Waals surface area (Å²) in [6.45, 7) is 1.33. The number of benzene rings is 2. The molecule has 1 aliphatic rings. The molecule has 2 aromatic carbocycles. The molecule has 3 nitrogen and oxygen atoms in total. The van der Waals surface area contributed by atoms with Gasteiger partial charge in [0.2, 0.25) is 0 Å². The molecule has 2 aromatic rings. The Bertz CT molecular complexity index is 746. The van der Waals surface area contributed by atoms with Crippen LogP contribution in [0.1, 0.15) is 27.4 Å². The number of halogens is 3. The molecule has 0 aromatic heterocycles. The number of rotatable bonds is 3. The molecule has 25 heavy (non-hydrogen) atoms. The first kappa shape index (κ1) is 17.5. The van der Waals surface area contributed by atoms with Crippen LogP contribution in [0.25, 0.3) is 0 Å². The summed E-state index contributed by atoms with van der Waals surface area (Å²) in [6.07, 6.45) is -4.46. The zero-order chi connectivity index (χ0) is 18.0. The van der Waals surface area contributed by atoms with Gasteiger partial charge in [-0.1, -0.05) is 36.4 Å². The van der Waals surface area contributed by atoms with E-state index < -0.39 is 11.7 Å². The lowest BCUT2D eigenvalue weighted by Crippen LogP contribution is -2.30. The molecule has 0 bridgehead atoms. The second-order valence-corrected chi connectivity index (χ2v) is 6.30. The highest BCUT2D eigenvalue weighted by Gasteiger charge is 2.36. The second kappa shape index (κ2) is 6.88. The van der Waals surface area contributed by atoms with Crippen molar-refractivity contribution in [2.45, 2.75) is 12.1 Å². The van der Waals surface area contributed by atoms with Crippen LogP contribution >= 0.6 is 0 Å². The van der Waals surface area contributed by atoms with Crippen LogP contribution in [0.4, 0.5) is 13.2 Å². The maximum atomic E-state index is 12.9. The Morgan fingerprint density at radius 3 is 2.44 bits per heavy atom. The summed E-state index contributed by atoms with van der Waals surface area (Å²) in [6, 6.07) is 14.3. The molecule has 1 fully saturated rings. The fourth-order valence-electron chi connectivity index (χ4n) is 3.36. The van der Waals surface area contributed by atoms with Gasteiger partial charge >= 0.3 is 6.18 Å². The van der Waals surface area contributed by atoms with Gasteiger partial charge in [0.1, 0.15) is 0 Å². The van der Waals surface area contributed by atoms with Crippen LogP contribution in [-0.4, -0.2) is 30.4 Å². The Morgan fingerprint density at radius 2 is 1.80 bits per heavy atom. The van der Waals surface area contributed by atoms with Gasteiger partial charge in [-0.2, -0.15) is 13.2 Å². The predicted molar refractivity (Wildman–Crippen MR) is 89.1 cm³/mol. The van der Waals surface area contributed by atoms with Gasteiger partial charge in [-0.05, 0) is 36.2 Å². The van der Waals surface area contributed by atoms with E-state index >= 15 is 0 Å². The maximum Gasteiger partial charge on any atom is 0.416 e. The van der Waals surface area contributed by atoms with E-state index in [-0.39, 0.29) is 23.3 Å².